The number of hydrogen-bond acceptors (Lipinski definition) is 2. The number of aryl methyl sites for hydroxylation is 1. The lowest BCUT2D eigenvalue weighted by Crippen LogP contribution is -1.82. The molecule has 1 heterocycles. The first-order valence-corrected chi connectivity index (χ1v) is 3.47. The van der Waals surface area contributed by atoms with Crippen molar-refractivity contribution in [1.29, 1.82) is 0 Å². The van der Waals surface area contributed by atoms with Gasteiger partial charge in [0.15, 0.2) is 0 Å². The molecule has 0 saturated heterocycles. The molecule has 0 atom stereocenters. The van der Waals surface area contributed by atoms with Crippen LogP contribution in [0.5, 0.6) is 0 Å². The highest BCUT2D eigenvalue weighted by molar-refractivity contribution is 5.85. The van der Waals surface area contributed by atoms with Gasteiger partial charge in [0, 0.05) is 5.69 Å². The van der Waals surface area contributed by atoms with E-state index in [1.54, 1.807) is 0 Å². The normalized spacial score (nSPS) is 9.75. The van der Waals surface area contributed by atoms with Crippen LogP contribution in [0.2, 0.25) is 0 Å². The third kappa shape index (κ3) is 1.36. The Morgan fingerprint density at radius 2 is 2.17 bits per heavy atom. The van der Waals surface area contributed by atoms with Crippen LogP contribution < -0.4 is 5.73 Å². The van der Waals surface area contributed by atoms with Crippen molar-refractivity contribution in [3.8, 4) is 0 Å². The zero-order valence-electron chi connectivity index (χ0n) is 6.66. The third-order valence-corrected chi connectivity index (χ3v) is 1.63. The molecule has 3 N–H and O–H groups in total. The molecule has 0 aliphatic carbocycles. The lowest BCUT2D eigenvalue weighted by atomic mass is 10.3. The molecular weight excluding hydrogens is 174 g/mol. The number of nitrogen functional groups attached to an aromatic ring is 1. The first-order chi connectivity index (χ1) is 5.25. The molecule has 0 bridgehead atoms. The Labute approximate surface area is 76.4 Å². The average molecular weight is 184 g/mol. The Morgan fingerprint density at radius 1 is 1.42 bits per heavy atom. The van der Waals surface area contributed by atoms with Gasteiger partial charge in [-0.1, -0.05) is 0 Å². The summed E-state index contributed by atoms with van der Waals surface area (Å²) in [5.74, 6) is 0.922. The van der Waals surface area contributed by atoms with E-state index in [1.165, 1.54) is 0 Å². The van der Waals surface area contributed by atoms with Crippen molar-refractivity contribution in [2.75, 3.05) is 5.73 Å². The van der Waals surface area contributed by atoms with Crippen molar-refractivity contribution in [2.24, 2.45) is 0 Å². The summed E-state index contributed by atoms with van der Waals surface area (Å²) < 4.78 is 0. The SMILES string of the molecule is Cc1nc2cc(N)ccc2[nH]1.Cl. The van der Waals surface area contributed by atoms with E-state index in [2.05, 4.69) is 9.97 Å². The Kier molecular flexibility index (Phi) is 2.24. The van der Waals surface area contributed by atoms with Gasteiger partial charge in [0.05, 0.1) is 11.0 Å². The first kappa shape index (κ1) is 8.87. The van der Waals surface area contributed by atoms with Gasteiger partial charge in [0.2, 0.25) is 0 Å². The number of nitrogens with one attached hydrogen (secondary N) is 1. The molecule has 0 amide bonds. The van der Waals surface area contributed by atoms with E-state index in [-0.39, 0.29) is 12.4 Å². The van der Waals surface area contributed by atoms with E-state index in [1.807, 2.05) is 25.1 Å². The van der Waals surface area contributed by atoms with E-state index >= 15 is 0 Å². The lowest BCUT2D eigenvalue weighted by Gasteiger charge is -1.89. The first-order valence-electron chi connectivity index (χ1n) is 3.47. The molecule has 1 aromatic carbocycles. The van der Waals surface area contributed by atoms with Crippen LogP contribution in [0.4, 0.5) is 5.69 Å². The zero-order valence-corrected chi connectivity index (χ0v) is 7.48. The van der Waals surface area contributed by atoms with E-state index in [4.69, 9.17) is 5.73 Å². The van der Waals surface area contributed by atoms with Crippen molar-refractivity contribution in [3.63, 3.8) is 0 Å². The number of aromatic nitrogens is 2. The summed E-state index contributed by atoms with van der Waals surface area (Å²) in [4.78, 5) is 7.36. The number of hydrogen-bond donors (Lipinski definition) is 2. The third-order valence-electron chi connectivity index (χ3n) is 1.63. The molecule has 0 radical (unpaired) electrons. The highest BCUT2D eigenvalue weighted by Gasteiger charge is 1.97. The molecule has 1 aromatic heterocycles. The minimum absolute atomic E-state index is 0. The Hall–Kier alpha value is -1.22. The fraction of sp³-hybridized carbons (Fsp3) is 0.125. The Morgan fingerprint density at radius 3 is 2.92 bits per heavy atom. The minimum Gasteiger partial charge on any atom is -0.399 e. The number of halogens is 1. The smallest absolute Gasteiger partial charge is 0.104 e. The Bertz CT molecular complexity index is 394. The number of nitrogens with zero attached hydrogens (tertiary/aromatic N) is 1. The van der Waals surface area contributed by atoms with Crippen LogP contribution in [0.25, 0.3) is 11.0 Å². The number of benzene rings is 1. The molecule has 0 unspecified atom stereocenters. The maximum absolute atomic E-state index is 5.58. The molecule has 0 aliphatic heterocycles. The molecule has 0 spiro atoms. The monoisotopic (exact) mass is 183 g/mol. The van der Waals surface area contributed by atoms with Gasteiger partial charge in [0.25, 0.3) is 0 Å². The van der Waals surface area contributed by atoms with Crippen molar-refractivity contribution in [2.45, 2.75) is 6.92 Å². The summed E-state index contributed by atoms with van der Waals surface area (Å²) in [6.45, 7) is 1.93. The Balaban J connectivity index is 0.000000720. The quantitative estimate of drug-likeness (QED) is 0.613. The number of nitrogens with two attached hydrogens (primary N) is 1. The second-order valence-electron chi connectivity index (χ2n) is 2.60. The van der Waals surface area contributed by atoms with Crippen molar-refractivity contribution < 1.29 is 0 Å². The number of aromatic amines is 1. The average Bonchev–Trinajstić information content (AvgIpc) is 2.27. The summed E-state index contributed by atoms with van der Waals surface area (Å²) in [7, 11) is 0. The lowest BCUT2D eigenvalue weighted by molar-refractivity contribution is 1.17. The predicted octanol–water partition coefficient (Wildman–Crippen LogP) is 1.88. The van der Waals surface area contributed by atoms with Crippen LogP contribution in [0.1, 0.15) is 5.82 Å². The molecule has 12 heavy (non-hydrogen) atoms. The molecule has 64 valence electrons. The maximum atomic E-state index is 5.58. The predicted molar refractivity (Wildman–Crippen MR) is 52.5 cm³/mol. The van der Waals surface area contributed by atoms with Gasteiger partial charge < -0.3 is 10.7 Å². The summed E-state index contributed by atoms with van der Waals surface area (Å²) in [6, 6.07) is 5.66. The molecular formula is C8H10ClN3. The van der Waals surface area contributed by atoms with E-state index < -0.39 is 0 Å². The zero-order chi connectivity index (χ0) is 7.84. The van der Waals surface area contributed by atoms with Crippen molar-refractivity contribution in [3.05, 3.63) is 24.0 Å². The van der Waals surface area contributed by atoms with Crippen LogP contribution in [-0.4, -0.2) is 9.97 Å². The summed E-state index contributed by atoms with van der Waals surface area (Å²) in [5, 5.41) is 0. The molecule has 2 aromatic rings. The number of imidazole rings is 1. The van der Waals surface area contributed by atoms with E-state index in [9.17, 15) is 0 Å². The number of rotatable bonds is 0. The molecule has 0 saturated carbocycles. The second-order valence-corrected chi connectivity index (χ2v) is 2.60. The van der Waals surface area contributed by atoms with Gasteiger partial charge in [0.1, 0.15) is 5.82 Å². The van der Waals surface area contributed by atoms with Gasteiger partial charge >= 0.3 is 0 Å². The highest BCUT2D eigenvalue weighted by Crippen LogP contribution is 2.13. The van der Waals surface area contributed by atoms with Crippen molar-refractivity contribution >= 4 is 29.1 Å². The van der Waals surface area contributed by atoms with E-state index in [0.717, 1.165) is 22.5 Å². The maximum Gasteiger partial charge on any atom is 0.104 e. The standard InChI is InChI=1S/C8H9N3.ClH/c1-5-10-7-3-2-6(9)4-8(7)11-5;/h2-4H,9H2,1H3,(H,10,11);1H. The van der Waals surface area contributed by atoms with Crippen LogP contribution in [0.15, 0.2) is 18.2 Å². The van der Waals surface area contributed by atoms with Crippen LogP contribution in [0, 0.1) is 6.92 Å². The van der Waals surface area contributed by atoms with Crippen LogP contribution in [-0.2, 0) is 0 Å². The number of H-pyrrole nitrogens is 1. The molecule has 2 rings (SSSR count). The van der Waals surface area contributed by atoms with Crippen molar-refractivity contribution in [1.82, 2.24) is 9.97 Å². The number of anilines is 1. The summed E-state index contributed by atoms with van der Waals surface area (Å²) in [5.41, 5.74) is 8.30. The minimum atomic E-state index is 0. The molecule has 0 fully saturated rings. The summed E-state index contributed by atoms with van der Waals surface area (Å²) >= 11 is 0. The second kappa shape index (κ2) is 3.03. The van der Waals surface area contributed by atoms with Gasteiger partial charge in [-0.15, -0.1) is 12.4 Å². The molecule has 4 heteroatoms. The highest BCUT2D eigenvalue weighted by atomic mass is 35.5. The van der Waals surface area contributed by atoms with Gasteiger partial charge in [-0.2, -0.15) is 0 Å². The molecule has 3 nitrogen and oxygen atoms in total. The van der Waals surface area contributed by atoms with Gasteiger partial charge in [-0.25, -0.2) is 4.98 Å². The topological polar surface area (TPSA) is 54.7 Å². The van der Waals surface area contributed by atoms with Crippen LogP contribution in [0.3, 0.4) is 0 Å². The fourth-order valence-electron chi connectivity index (χ4n) is 1.15. The van der Waals surface area contributed by atoms with Gasteiger partial charge in [-0.3, -0.25) is 0 Å². The number of fused-ring (bicyclic) bond motifs is 1. The van der Waals surface area contributed by atoms with E-state index in [0.29, 0.717) is 0 Å². The van der Waals surface area contributed by atoms with Gasteiger partial charge in [-0.05, 0) is 25.1 Å². The largest absolute Gasteiger partial charge is 0.399 e. The molecule has 0 aliphatic rings. The van der Waals surface area contributed by atoms with Crippen LogP contribution >= 0.6 is 12.4 Å². The summed E-state index contributed by atoms with van der Waals surface area (Å²) in [6.07, 6.45) is 0. The fourth-order valence-corrected chi connectivity index (χ4v) is 1.15.